The van der Waals surface area contributed by atoms with Gasteiger partial charge in [0.2, 0.25) is 11.8 Å². The summed E-state index contributed by atoms with van der Waals surface area (Å²) in [6, 6.07) is 4.71. The number of halogens is 2. The van der Waals surface area contributed by atoms with Crippen molar-refractivity contribution in [2.75, 3.05) is 0 Å². The molecule has 1 atom stereocenters. The number of hydrogen-bond acceptors (Lipinski definition) is 4. The first kappa shape index (κ1) is 16.8. The van der Waals surface area contributed by atoms with E-state index in [1.54, 1.807) is 25.1 Å². The zero-order valence-electron chi connectivity index (χ0n) is 12.2. The molecule has 7 heteroatoms. The molecule has 0 bridgehead atoms. The predicted molar refractivity (Wildman–Crippen MR) is 83.9 cm³/mol. The summed E-state index contributed by atoms with van der Waals surface area (Å²) in [5, 5.41) is 13.5. The first-order valence-corrected chi connectivity index (χ1v) is 7.44. The minimum Gasteiger partial charge on any atom is -0.444 e. The summed E-state index contributed by atoms with van der Waals surface area (Å²) in [4.78, 5) is 16.0. The van der Waals surface area contributed by atoms with E-state index in [1.807, 2.05) is 6.92 Å². The Labute approximate surface area is 138 Å². The number of aliphatic hydroxyl groups is 1. The highest BCUT2D eigenvalue weighted by Crippen LogP contribution is 2.25. The molecular formula is C15H16Cl2N2O3. The van der Waals surface area contributed by atoms with Crippen LogP contribution in [0.3, 0.4) is 0 Å². The van der Waals surface area contributed by atoms with Crippen molar-refractivity contribution in [2.45, 2.75) is 32.9 Å². The number of carbonyl (C=O) groups excluding carboxylic acids is 1. The number of rotatable bonds is 5. The third kappa shape index (κ3) is 4.47. The number of amides is 1. The number of aliphatic hydroxyl groups excluding tert-OH is 1. The van der Waals surface area contributed by atoms with Crippen molar-refractivity contribution in [3.8, 4) is 0 Å². The molecule has 0 aliphatic heterocycles. The minimum atomic E-state index is -0.982. The molecule has 22 heavy (non-hydrogen) atoms. The summed E-state index contributed by atoms with van der Waals surface area (Å²) in [5.41, 5.74) is 1.29. The van der Waals surface area contributed by atoms with Gasteiger partial charge in [0.1, 0.15) is 5.76 Å². The van der Waals surface area contributed by atoms with Crippen LogP contribution < -0.4 is 5.32 Å². The Kier molecular flexibility index (Phi) is 5.45. The summed E-state index contributed by atoms with van der Waals surface area (Å²) < 4.78 is 5.36. The minimum absolute atomic E-state index is 0.102. The van der Waals surface area contributed by atoms with Crippen LogP contribution in [0, 0.1) is 13.8 Å². The molecule has 1 aromatic carbocycles. The quantitative estimate of drug-likeness (QED) is 0.873. The van der Waals surface area contributed by atoms with Crippen LogP contribution in [0.2, 0.25) is 10.0 Å². The van der Waals surface area contributed by atoms with Crippen LogP contribution in [0.1, 0.15) is 35.4 Å². The van der Waals surface area contributed by atoms with Crippen molar-refractivity contribution in [3.05, 3.63) is 51.2 Å². The van der Waals surface area contributed by atoms with Crippen LogP contribution in [0.5, 0.6) is 0 Å². The monoisotopic (exact) mass is 342 g/mol. The molecule has 0 saturated carbocycles. The van der Waals surface area contributed by atoms with Crippen LogP contribution in [-0.2, 0) is 11.3 Å². The van der Waals surface area contributed by atoms with Gasteiger partial charge >= 0.3 is 0 Å². The lowest BCUT2D eigenvalue weighted by molar-refractivity contribution is -0.123. The van der Waals surface area contributed by atoms with Crippen LogP contribution in [0.4, 0.5) is 0 Å². The molecule has 0 unspecified atom stereocenters. The maximum absolute atomic E-state index is 11.9. The molecule has 0 aliphatic carbocycles. The van der Waals surface area contributed by atoms with Crippen molar-refractivity contribution < 1.29 is 14.3 Å². The SMILES string of the molecule is Cc1nc(CNC(=O)C[C@@H](O)c2cc(Cl)cc(Cl)c2)oc1C. The fourth-order valence-electron chi connectivity index (χ4n) is 1.92. The number of aryl methyl sites for hydroxylation is 2. The van der Waals surface area contributed by atoms with Gasteiger partial charge in [-0.25, -0.2) is 4.98 Å². The van der Waals surface area contributed by atoms with Crippen LogP contribution in [0.25, 0.3) is 0 Å². The van der Waals surface area contributed by atoms with Gasteiger partial charge in [0.25, 0.3) is 0 Å². The number of aromatic nitrogens is 1. The summed E-state index contributed by atoms with van der Waals surface area (Å²) >= 11 is 11.7. The topological polar surface area (TPSA) is 75.4 Å². The second-order valence-electron chi connectivity index (χ2n) is 4.95. The molecule has 1 amide bonds. The highest BCUT2D eigenvalue weighted by molar-refractivity contribution is 6.34. The Morgan fingerprint density at radius 1 is 1.32 bits per heavy atom. The van der Waals surface area contributed by atoms with Crippen LogP contribution >= 0.6 is 23.2 Å². The van der Waals surface area contributed by atoms with Crippen LogP contribution in [0.15, 0.2) is 22.6 Å². The van der Waals surface area contributed by atoms with E-state index >= 15 is 0 Å². The van der Waals surface area contributed by atoms with Gasteiger partial charge < -0.3 is 14.8 Å². The lowest BCUT2D eigenvalue weighted by Crippen LogP contribution is -2.24. The molecule has 0 radical (unpaired) electrons. The first-order chi connectivity index (χ1) is 10.3. The number of nitrogens with zero attached hydrogens (tertiary/aromatic N) is 1. The molecule has 0 aliphatic rings. The van der Waals surface area contributed by atoms with Gasteiger partial charge in [-0.1, -0.05) is 23.2 Å². The van der Waals surface area contributed by atoms with E-state index in [0.29, 0.717) is 21.5 Å². The number of nitrogens with one attached hydrogen (secondary N) is 1. The molecular weight excluding hydrogens is 327 g/mol. The van der Waals surface area contributed by atoms with Crippen molar-refractivity contribution >= 4 is 29.1 Å². The van der Waals surface area contributed by atoms with E-state index in [4.69, 9.17) is 27.6 Å². The van der Waals surface area contributed by atoms with E-state index < -0.39 is 6.10 Å². The van der Waals surface area contributed by atoms with Gasteiger partial charge in [-0.3, -0.25) is 4.79 Å². The third-order valence-corrected chi connectivity index (χ3v) is 3.59. The van der Waals surface area contributed by atoms with Gasteiger partial charge in [-0.2, -0.15) is 0 Å². The average Bonchev–Trinajstić information content (AvgIpc) is 2.74. The molecule has 1 heterocycles. The Hall–Kier alpha value is -1.56. The van der Waals surface area contributed by atoms with Crippen molar-refractivity contribution in [1.82, 2.24) is 10.3 Å². The van der Waals surface area contributed by atoms with E-state index in [2.05, 4.69) is 10.3 Å². The van der Waals surface area contributed by atoms with E-state index in [0.717, 1.165) is 11.5 Å². The zero-order valence-corrected chi connectivity index (χ0v) is 13.7. The zero-order chi connectivity index (χ0) is 16.3. The molecule has 2 N–H and O–H groups in total. The molecule has 0 fully saturated rings. The predicted octanol–water partition coefficient (Wildman–Crippen LogP) is 3.34. The second-order valence-corrected chi connectivity index (χ2v) is 5.82. The van der Waals surface area contributed by atoms with Crippen molar-refractivity contribution in [1.29, 1.82) is 0 Å². The van der Waals surface area contributed by atoms with Crippen LogP contribution in [-0.4, -0.2) is 16.0 Å². The summed E-state index contributed by atoms with van der Waals surface area (Å²) in [5.74, 6) is 0.832. The fourth-order valence-corrected chi connectivity index (χ4v) is 2.47. The molecule has 1 aromatic heterocycles. The van der Waals surface area contributed by atoms with E-state index in [1.165, 1.54) is 0 Å². The lowest BCUT2D eigenvalue weighted by Gasteiger charge is -2.11. The summed E-state index contributed by atoms with van der Waals surface area (Å²) in [6.45, 7) is 3.81. The van der Waals surface area contributed by atoms with Gasteiger partial charge in [-0.15, -0.1) is 0 Å². The van der Waals surface area contributed by atoms with Gasteiger partial charge in [0.05, 0.1) is 24.8 Å². The first-order valence-electron chi connectivity index (χ1n) is 6.69. The Morgan fingerprint density at radius 3 is 2.50 bits per heavy atom. The van der Waals surface area contributed by atoms with Crippen molar-refractivity contribution in [3.63, 3.8) is 0 Å². The van der Waals surface area contributed by atoms with E-state index in [9.17, 15) is 9.90 Å². The number of benzene rings is 1. The Morgan fingerprint density at radius 2 is 1.95 bits per heavy atom. The summed E-state index contributed by atoms with van der Waals surface area (Å²) in [7, 11) is 0. The largest absolute Gasteiger partial charge is 0.444 e. The normalized spacial score (nSPS) is 12.2. The van der Waals surface area contributed by atoms with E-state index in [-0.39, 0.29) is 18.9 Å². The third-order valence-electron chi connectivity index (χ3n) is 3.16. The standard InChI is InChI=1S/C15H16Cl2N2O3/c1-8-9(2)22-15(19-8)7-18-14(21)6-13(20)10-3-11(16)5-12(17)4-10/h3-5,13,20H,6-7H2,1-2H3,(H,18,21)/t13-/m1/s1. The average molecular weight is 343 g/mol. The number of carbonyl (C=O) groups is 1. The Bertz CT molecular complexity index is 646. The Balaban J connectivity index is 1.90. The molecule has 118 valence electrons. The molecule has 5 nitrogen and oxygen atoms in total. The number of hydrogen-bond donors (Lipinski definition) is 2. The molecule has 0 saturated heterocycles. The highest BCUT2D eigenvalue weighted by Gasteiger charge is 2.15. The maximum Gasteiger partial charge on any atom is 0.223 e. The van der Waals surface area contributed by atoms with Gasteiger partial charge in [0.15, 0.2) is 0 Å². The molecule has 0 spiro atoms. The van der Waals surface area contributed by atoms with Crippen molar-refractivity contribution in [2.24, 2.45) is 0 Å². The maximum atomic E-state index is 11.9. The highest BCUT2D eigenvalue weighted by atomic mass is 35.5. The smallest absolute Gasteiger partial charge is 0.223 e. The fraction of sp³-hybridized carbons (Fsp3) is 0.333. The lowest BCUT2D eigenvalue weighted by atomic mass is 10.1. The molecule has 2 aromatic rings. The summed E-state index contributed by atoms with van der Waals surface area (Å²) in [6.07, 6.45) is -1.08. The second kappa shape index (κ2) is 7.13. The number of oxazole rings is 1. The molecule has 2 rings (SSSR count). The van der Waals surface area contributed by atoms with Gasteiger partial charge in [-0.05, 0) is 37.6 Å². The van der Waals surface area contributed by atoms with Gasteiger partial charge in [0, 0.05) is 10.0 Å².